The summed E-state index contributed by atoms with van der Waals surface area (Å²) in [6.07, 6.45) is 10.6. The van der Waals surface area contributed by atoms with Crippen LogP contribution in [0.4, 0.5) is 34.9 Å². The normalized spacial score (nSPS) is 10.6. The predicted molar refractivity (Wildman–Crippen MR) is 254 cm³/mol. The molecule has 6 aromatic rings. The number of amides is 8. The van der Waals surface area contributed by atoms with Gasteiger partial charge in [0.1, 0.15) is 0 Å². The quantitative estimate of drug-likeness (QED) is 0.0192. The minimum Gasteiger partial charge on any atom is -1.00 e. The van der Waals surface area contributed by atoms with Crippen molar-refractivity contribution in [2.75, 3.05) is 45.0 Å². The van der Waals surface area contributed by atoms with Gasteiger partial charge in [-0.15, -0.1) is 0 Å². The Kier molecular flexibility index (Phi) is 18.8. The number of nitrogens with zero attached hydrogens (tertiary/aromatic N) is 12. The topological polar surface area (TPSA) is 443 Å². The molecular formula is C40H50Cl2N24O8. The maximum absolute atomic E-state index is 13.2. The Labute approximate surface area is 430 Å². The molecule has 6 heterocycles. The van der Waals surface area contributed by atoms with Crippen LogP contribution in [0.15, 0.2) is 49.3 Å². The van der Waals surface area contributed by atoms with E-state index in [1.807, 2.05) is 0 Å². The van der Waals surface area contributed by atoms with Gasteiger partial charge >= 0.3 is 0 Å². The van der Waals surface area contributed by atoms with Gasteiger partial charge < -0.3 is 94.8 Å². The first kappa shape index (κ1) is 56.9. The summed E-state index contributed by atoms with van der Waals surface area (Å²) in [4.78, 5) is 128. The maximum Gasteiger partial charge on any atom is 0.292 e. The van der Waals surface area contributed by atoms with Gasteiger partial charge in [0.15, 0.2) is 34.9 Å². The van der Waals surface area contributed by atoms with E-state index in [0.29, 0.717) is 0 Å². The Bertz CT molecular complexity index is 3000. The molecule has 0 aromatic carbocycles. The second-order valence-corrected chi connectivity index (χ2v) is 15.7. The van der Waals surface area contributed by atoms with E-state index in [-0.39, 0.29) is 132 Å². The minimum absolute atomic E-state index is 0. The monoisotopic (exact) mass is 1060 g/mol. The first-order valence-electron chi connectivity index (χ1n) is 21.1. The van der Waals surface area contributed by atoms with Crippen LogP contribution in [-0.4, -0.2) is 129 Å². The molecule has 0 atom stereocenters. The largest absolute Gasteiger partial charge is 1.00 e. The van der Waals surface area contributed by atoms with Crippen LogP contribution in [0.3, 0.4) is 0 Å². The van der Waals surface area contributed by atoms with Gasteiger partial charge in [-0.05, 0) is 0 Å². The molecule has 0 unspecified atom stereocenters. The lowest BCUT2D eigenvalue weighted by atomic mass is 10.4. The van der Waals surface area contributed by atoms with Crippen LogP contribution in [-0.2, 0) is 51.9 Å². The molecule has 6 rings (SSSR count). The highest BCUT2D eigenvalue weighted by Crippen LogP contribution is 2.17. The minimum atomic E-state index is -0.785. The number of amidine groups is 2. The van der Waals surface area contributed by atoms with Crippen molar-refractivity contribution in [3.63, 3.8) is 0 Å². The third-order valence-electron chi connectivity index (χ3n) is 9.73. The van der Waals surface area contributed by atoms with Crippen molar-refractivity contribution < 1.29 is 74.0 Å². The number of nitrogens with one attached hydrogen (secondary N) is 8. The predicted octanol–water partition coefficient (Wildman–Crippen LogP) is -11.3. The lowest BCUT2D eigenvalue weighted by Crippen LogP contribution is -3.00. The van der Waals surface area contributed by atoms with Crippen LogP contribution in [0.2, 0.25) is 0 Å². The van der Waals surface area contributed by atoms with Crippen LogP contribution in [0.1, 0.15) is 76.6 Å². The van der Waals surface area contributed by atoms with E-state index >= 15 is 0 Å². The number of rotatable bonds is 20. The summed E-state index contributed by atoms with van der Waals surface area (Å²) in [5.41, 5.74) is 10.9. The highest BCUT2D eigenvalue weighted by molar-refractivity contribution is 6.08. The number of carbonyl (C=O) groups excluding carboxylic acids is 8. The third-order valence-corrected chi connectivity index (χ3v) is 9.73. The van der Waals surface area contributed by atoms with Crippen molar-refractivity contribution in [3.05, 3.63) is 84.3 Å². The zero-order valence-electron chi connectivity index (χ0n) is 40.1. The smallest absolute Gasteiger partial charge is 0.292 e. The first-order valence-corrected chi connectivity index (χ1v) is 21.1. The molecule has 34 heteroatoms. The van der Waals surface area contributed by atoms with E-state index in [0.717, 1.165) is 12.2 Å². The van der Waals surface area contributed by atoms with Gasteiger partial charge in [-0.1, -0.05) is 0 Å². The first-order chi connectivity index (χ1) is 34.0. The summed E-state index contributed by atoms with van der Waals surface area (Å²) in [7, 11) is 9.16. The molecule has 0 saturated carbocycles. The number of aryl methyl sites for hydroxylation is 6. The summed E-state index contributed by atoms with van der Waals surface area (Å²) in [5, 5.41) is 31.2. The van der Waals surface area contributed by atoms with E-state index in [2.05, 4.69) is 72.4 Å². The Morgan fingerprint density at radius 1 is 0.405 bits per heavy atom. The Morgan fingerprint density at radius 3 is 0.824 bits per heavy atom. The molecule has 0 radical (unpaired) electrons. The number of anilines is 6. The fourth-order valence-corrected chi connectivity index (χ4v) is 6.40. The number of hydrogen-bond donors (Lipinski definition) is 12. The fourth-order valence-electron chi connectivity index (χ4n) is 6.40. The molecule has 74 heavy (non-hydrogen) atoms. The summed E-state index contributed by atoms with van der Waals surface area (Å²) >= 11 is 0. The molecule has 392 valence electrons. The molecule has 32 nitrogen and oxygen atoms in total. The van der Waals surface area contributed by atoms with Crippen molar-refractivity contribution in [1.29, 1.82) is 0 Å². The standard InChI is InChI=1S/C40H48N24O8.2ClH/c1-59-15-23(51-29(59)35(67)45-11-9-19(41)42)55-39(71)33-53-25(17-63(33)5)57-37(69)31-49-21(13-61(31)3)47-27(65)7-8-28(66)48-22-14-62(4)32(50-22)38(70)58-26-18-64(6)34(54-26)40(72)56-24-16-60(2)30(52-24)36(68)46-12-10-20(43)44;;/h7-8,13-18H,9-12H2,1-6H3,(H3,41,42)(H3,43,44)(H,45,67)(H,46,68)(H,47,65)(H,48,66)(H,55,71)(H,56,72)(H,57,69)(H,58,70);2*1H/b8-7+;;. The second kappa shape index (κ2) is 24.4. The summed E-state index contributed by atoms with van der Waals surface area (Å²) in [6.45, 7) is 0.379. The molecule has 16 N–H and O–H groups in total. The van der Waals surface area contributed by atoms with Gasteiger partial charge in [-0.2, -0.15) is 0 Å². The van der Waals surface area contributed by atoms with Gasteiger partial charge in [0.25, 0.3) is 35.4 Å². The number of aromatic nitrogens is 12. The van der Waals surface area contributed by atoms with Crippen LogP contribution < -0.4 is 89.6 Å². The van der Waals surface area contributed by atoms with E-state index in [1.165, 1.54) is 92.8 Å². The number of carbonyl (C=O) groups is 8. The van der Waals surface area contributed by atoms with Crippen LogP contribution in [0, 0.1) is 0 Å². The SMILES string of the molecule is Cn1cc(NC(=O)c2nc(NC(=O)c3nc(NC(=O)/C=C/C(=O)Nc4cn(C)c(C(=O)Nc5cn(C)c(C(=O)Nc6cn(C)c(C(=O)NCCC(N)=[NH2+])n6)n5)n4)cn3C)cn2C)nc1C(=O)NCCC(N)=[NH2+].[Cl-].[Cl-]. The Morgan fingerprint density at radius 2 is 0.608 bits per heavy atom. The molecule has 0 aliphatic carbocycles. The van der Waals surface area contributed by atoms with Gasteiger partial charge in [0.2, 0.25) is 58.4 Å². The van der Waals surface area contributed by atoms with Gasteiger partial charge in [-0.25, -0.2) is 29.9 Å². The highest BCUT2D eigenvalue weighted by atomic mass is 35.5. The number of hydrogen-bond acceptors (Lipinski definition) is 14. The average Bonchev–Trinajstić information content (AvgIpc) is 4.16. The number of nitrogens with two attached hydrogens (primary N) is 4. The van der Waals surface area contributed by atoms with Gasteiger partial charge in [0.05, 0.1) is 12.8 Å². The number of halogens is 2. The van der Waals surface area contributed by atoms with E-state index in [4.69, 9.17) is 22.3 Å². The summed E-state index contributed by atoms with van der Waals surface area (Å²) < 4.78 is 8.17. The van der Waals surface area contributed by atoms with Gasteiger partial charge in [0, 0.05) is 105 Å². The van der Waals surface area contributed by atoms with Crippen molar-refractivity contribution in [2.45, 2.75) is 12.8 Å². The molecule has 0 aliphatic rings. The van der Waals surface area contributed by atoms with E-state index in [9.17, 15) is 38.4 Å². The zero-order chi connectivity index (χ0) is 52.6. The zero-order valence-corrected chi connectivity index (χ0v) is 41.7. The van der Waals surface area contributed by atoms with Crippen molar-refractivity contribution in [1.82, 2.24) is 67.9 Å². The lowest BCUT2D eigenvalue weighted by Gasteiger charge is -2.02. The molecule has 0 fully saturated rings. The Hall–Kier alpha value is -9.72. The third kappa shape index (κ3) is 14.4. The van der Waals surface area contributed by atoms with E-state index < -0.39 is 47.3 Å². The molecule has 6 aromatic heterocycles. The van der Waals surface area contributed by atoms with Crippen molar-refractivity contribution >= 4 is 93.8 Å². The number of imidazole rings is 6. The fraction of sp³-hybridized carbons (Fsp3) is 0.250. The molecular weight excluding hydrogens is 1020 g/mol. The van der Waals surface area contributed by atoms with Crippen molar-refractivity contribution in [3.8, 4) is 0 Å². The molecule has 0 aliphatic heterocycles. The van der Waals surface area contributed by atoms with Crippen LogP contribution >= 0.6 is 0 Å². The van der Waals surface area contributed by atoms with Gasteiger partial charge in [-0.3, -0.25) is 60.6 Å². The summed E-state index contributed by atoms with van der Waals surface area (Å²) in [6, 6.07) is 0. The maximum atomic E-state index is 13.2. The average molecular weight is 1070 g/mol. The molecule has 0 spiro atoms. The highest BCUT2D eigenvalue weighted by Gasteiger charge is 2.24. The van der Waals surface area contributed by atoms with Crippen LogP contribution in [0.25, 0.3) is 0 Å². The second-order valence-electron chi connectivity index (χ2n) is 15.7. The van der Waals surface area contributed by atoms with Crippen LogP contribution in [0.5, 0.6) is 0 Å². The molecule has 0 bridgehead atoms. The summed E-state index contributed by atoms with van der Waals surface area (Å²) in [5.74, 6) is -5.61. The molecule has 0 saturated heterocycles. The van der Waals surface area contributed by atoms with E-state index in [1.54, 1.807) is 14.1 Å². The lowest BCUT2D eigenvalue weighted by molar-refractivity contribution is -0.118. The van der Waals surface area contributed by atoms with Crippen molar-refractivity contribution in [2.24, 2.45) is 53.8 Å². The molecule has 8 amide bonds. The Balaban J connectivity index is 0.00000593.